The van der Waals surface area contributed by atoms with Crippen LogP contribution in [0.2, 0.25) is 0 Å². The van der Waals surface area contributed by atoms with E-state index in [2.05, 4.69) is 36.7 Å². The maximum atomic E-state index is 6.12. The molecule has 2 atom stereocenters. The maximum Gasteiger partial charge on any atom is 0.165 e. The van der Waals surface area contributed by atoms with Crippen molar-refractivity contribution in [3.63, 3.8) is 0 Å². The number of fused-ring (bicyclic) bond motifs is 1. The highest BCUT2D eigenvalue weighted by atomic mass is 15.2. The second-order valence-corrected chi connectivity index (χ2v) is 6.86. The predicted molar refractivity (Wildman–Crippen MR) is 112 cm³/mol. The van der Waals surface area contributed by atoms with Crippen molar-refractivity contribution in [2.24, 2.45) is 5.73 Å². The molecule has 150 valence electrons. The van der Waals surface area contributed by atoms with Crippen molar-refractivity contribution in [3.8, 4) is 11.4 Å². The average molecular weight is 383 g/mol. The number of anilines is 1. The van der Waals surface area contributed by atoms with Crippen LogP contribution in [0.5, 0.6) is 0 Å². The molecule has 0 aromatic carbocycles. The molecule has 28 heavy (non-hydrogen) atoms. The van der Waals surface area contributed by atoms with Gasteiger partial charge in [0.2, 0.25) is 0 Å². The SMILES string of the molecule is CC.CCn1c(-c2cnc(C)nc2)nc2c(NC3CCCC(N)C3)ncnc21. The zero-order chi connectivity index (χ0) is 20.1. The molecule has 3 heterocycles. The Labute approximate surface area is 166 Å². The van der Waals surface area contributed by atoms with Crippen LogP contribution in [0.25, 0.3) is 22.6 Å². The van der Waals surface area contributed by atoms with Gasteiger partial charge in [-0.25, -0.2) is 24.9 Å². The summed E-state index contributed by atoms with van der Waals surface area (Å²) in [6.45, 7) is 8.70. The number of nitrogens with one attached hydrogen (secondary N) is 1. The first-order valence-electron chi connectivity index (χ1n) is 10.2. The van der Waals surface area contributed by atoms with Crippen molar-refractivity contribution in [1.82, 2.24) is 29.5 Å². The predicted octanol–water partition coefficient (Wildman–Crippen LogP) is 3.32. The molecule has 1 fully saturated rings. The van der Waals surface area contributed by atoms with E-state index in [0.29, 0.717) is 6.04 Å². The molecule has 8 nitrogen and oxygen atoms in total. The van der Waals surface area contributed by atoms with Crippen LogP contribution in [0.1, 0.15) is 52.3 Å². The Hall–Kier alpha value is -2.61. The van der Waals surface area contributed by atoms with Gasteiger partial charge in [0.05, 0.1) is 5.56 Å². The molecular weight excluding hydrogens is 352 g/mol. The lowest BCUT2D eigenvalue weighted by molar-refractivity contribution is 0.409. The molecule has 3 aromatic rings. The Morgan fingerprint density at radius 1 is 1.14 bits per heavy atom. The maximum absolute atomic E-state index is 6.12. The van der Waals surface area contributed by atoms with Crippen molar-refractivity contribution >= 4 is 17.0 Å². The Morgan fingerprint density at radius 3 is 2.57 bits per heavy atom. The van der Waals surface area contributed by atoms with Gasteiger partial charge in [0.25, 0.3) is 0 Å². The molecule has 0 radical (unpaired) electrons. The van der Waals surface area contributed by atoms with Crippen molar-refractivity contribution < 1.29 is 0 Å². The molecule has 3 aromatic heterocycles. The summed E-state index contributed by atoms with van der Waals surface area (Å²) in [5.41, 5.74) is 8.60. The monoisotopic (exact) mass is 382 g/mol. The first-order chi connectivity index (χ1) is 13.7. The Bertz CT molecular complexity index is 902. The van der Waals surface area contributed by atoms with Crippen LogP contribution in [0, 0.1) is 6.92 Å². The zero-order valence-electron chi connectivity index (χ0n) is 17.2. The largest absolute Gasteiger partial charge is 0.365 e. The number of imidazole rings is 1. The molecule has 0 amide bonds. The fraction of sp³-hybridized carbons (Fsp3) is 0.550. The summed E-state index contributed by atoms with van der Waals surface area (Å²) in [4.78, 5) is 22.3. The minimum absolute atomic E-state index is 0.257. The van der Waals surface area contributed by atoms with Crippen LogP contribution in [-0.2, 0) is 6.54 Å². The summed E-state index contributed by atoms with van der Waals surface area (Å²) in [7, 11) is 0. The standard InChI is InChI=1S/C18H24N8.C2H6/c1-3-26-17(12-8-20-11(2)21-9-12)25-15-16(22-10-23-18(15)26)24-14-6-4-5-13(19)7-14;1-2/h8-10,13-14H,3-7,19H2,1-2H3,(H,22,23,24);1-2H3. The van der Waals surface area contributed by atoms with E-state index in [9.17, 15) is 0 Å². The Balaban J connectivity index is 0.00000109. The van der Waals surface area contributed by atoms with Crippen LogP contribution >= 0.6 is 0 Å². The highest BCUT2D eigenvalue weighted by Crippen LogP contribution is 2.28. The van der Waals surface area contributed by atoms with Gasteiger partial charge in [0.15, 0.2) is 17.0 Å². The van der Waals surface area contributed by atoms with Gasteiger partial charge in [-0.05, 0) is 39.5 Å². The number of hydrogen-bond donors (Lipinski definition) is 2. The van der Waals surface area contributed by atoms with E-state index >= 15 is 0 Å². The van der Waals surface area contributed by atoms with Crippen molar-refractivity contribution in [2.75, 3.05) is 5.32 Å². The number of rotatable bonds is 4. The van der Waals surface area contributed by atoms with Crippen LogP contribution < -0.4 is 11.1 Å². The average Bonchev–Trinajstić information content (AvgIpc) is 3.10. The lowest BCUT2D eigenvalue weighted by Crippen LogP contribution is -2.35. The van der Waals surface area contributed by atoms with Gasteiger partial charge in [-0.3, -0.25) is 0 Å². The molecule has 0 saturated heterocycles. The van der Waals surface area contributed by atoms with Gasteiger partial charge in [0.1, 0.15) is 18.0 Å². The topological polar surface area (TPSA) is 107 Å². The molecule has 0 spiro atoms. The number of hydrogen-bond acceptors (Lipinski definition) is 7. The highest BCUT2D eigenvalue weighted by Gasteiger charge is 2.22. The van der Waals surface area contributed by atoms with E-state index in [-0.39, 0.29) is 6.04 Å². The Morgan fingerprint density at radius 2 is 1.89 bits per heavy atom. The van der Waals surface area contributed by atoms with Crippen molar-refractivity contribution in [1.29, 1.82) is 0 Å². The summed E-state index contributed by atoms with van der Waals surface area (Å²) in [6.07, 6.45) is 9.50. The van der Waals surface area contributed by atoms with E-state index in [4.69, 9.17) is 10.7 Å². The first kappa shape index (κ1) is 20.1. The summed E-state index contributed by atoms with van der Waals surface area (Å²) in [5, 5.41) is 3.54. The van der Waals surface area contributed by atoms with Crippen LogP contribution in [0.3, 0.4) is 0 Å². The van der Waals surface area contributed by atoms with Crippen LogP contribution in [0.4, 0.5) is 5.82 Å². The third kappa shape index (κ3) is 4.11. The van der Waals surface area contributed by atoms with Crippen molar-refractivity contribution in [3.05, 3.63) is 24.5 Å². The van der Waals surface area contributed by atoms with Gasteiger partial charge in [-0.1, -0.05) is 13.8 Å². The normalized spacial score (nSPS) is 19.2. The summed E-state index contributed by atoms with van der Waals surface area (Å²) in [5.74, 6) is 2.32. The van der Waals surface area contributed by atoms with Gasteiger partial charge in [-0.15, -0.1) is 0 Å². The van der Waals surface area contributed by atoms with E-state index < -0.39 is 0 Å². The third-order valence-electron chi connectivity index (χ3n) is 4.94. The summed E-state index contributed by atoms with van der Waals surface area (Å²) in [6, 6.07) is 0.585. The molecule has 2 unspecified atom stereocenters. The zero-order valence-corrected chi connectivity index (χ0v) is 17.2. The van der Waals surface area contributed by atoms with Crippen LogP contribution in [-0.4, -0.2) is 41.6 Å². The minimum atomic E-state index is 0.257. The number of aromatic nitrogens is 6. The van der Waals surface area contributed by atoms with Crippen LogP contribution in [0.15, 0.2) is 18.7 Å². The molecule has 1 aliphatic carbocycles. The summed E-state index contributed by atoms with van der Waals surface area (Å²) < 4.78 is 2.07. The van der Waals surface area contributed by atoms with Gasteiger partial charge < -0.3 is 15.6 Å². The lowest BCUT2D eigenvalue weighted by atomic mass is 9.92. The molecule has 8 heteroatoms. The molecule has 1 saturated carbocycles. The summed E-state index contributed by atoms with van der Waals surface area (Å²) >= 11 is 0. The molecule has 1 aliphatic rings. The number of aryl methyl sites for hydroxylation is 2. The number of nitrogens with zero attached hydrogens (tertiary/aromatic N) is 6. The van der Waals surface area contributed by atoms with Gasteiger partial charge >= 0.3 is 0 Å². The fourth-order valence-electron chi connectivity index (χ4n) is 3.62. The second kappa shape index (κ2) is 9.05. The minimum Gasteiger partial charge on any atom is -0.365 e. The first-order valence-corrected chi connectivity index (χ1v) is 10.2. The van der Waals surface area contributed by atoms with E-state index in [1.807, 2.05) is 20.8 Å². The lowest BCUT2D eigenvalue weighted by Gasteiger charge is -2.27. The molecular formula is C20H30N8. The Kier molecular flexibility index (Phi) is 6.51. The van der Waals surface area contributed by atoms with E-state index in [1.165, 1.54) is 0 Å². The molecule has 4 rings (SSSR count). The molecule has 3 N–H and O–H groups in total. The van der Waals surface area contributed by atoms with Crippen molar-refractivity contribution in [2.45, 2.75) is 72.0 Å². The molecule has 0 bridgehead atoms. The highest BCUT2D eigenvalue weighted by molar-refractivity contribution is 5.86. The smallest absolute Gasteiger partial charge is 0.165 e. The molecule has 0 aliphatic heterocycles. The van der Waals surface area contributed by atoms with E-state index in [0.717, 1.165) is 66.4 Å². The van der Waals surface area contributed by atoms with E-state index in [1.54, 1.807) is 18.7 Å². The van der Waals surface area contributed by atoms with Gasteiger partial charge in [-0.2, -0.15) is 0 Å². The third-order valence-corrected chi connectivity index (χ3v) is 4.94. The number of nitrogens with two attached hydrogens (primary N) is 1. The second-order valence-electron chi connectivity index (χ2n) is 6.86. The quantitative estimate of drug-likeness (QED) is 0.712. The fourth-order valence-corrected chi connectivity index (χ4v) is 3.62. The van der Waals surface area contributed by atoms with Gasteiger partial charge in [0, 0.05) is 31.0 Å².